The zero-order valence-electron chi connectivity index (χ0n) is 16.8. The average Bonchev–Trinajstić information content (AvgIpc) is 2.63. The largest absolute Gasteiger partial charge is 0.480 e. The molecular weight excluding hydrogens is 326 g/mol. The van der Waals surface area contributed by atoms with Crippen molar-refractivity contribution < 1.29 is 14.7 Å². The van der Waals surface area contributed by atoms with Gasteiger partial charge >= 0.3 is 5.97 Å². The van der Waals surface area contributed by atoms with E-state index in [9.17, 15) is 14.7 Å². The number of aliphatic carboxylic acids is 1. The molecule has 0 saturated carbocycles. The fourth-order valence-corrected chi connectivity index (χ4v) is 3.15. The summed E-state index contributed by atoms with van der Waals surface area (Å²) in [5.41, 5.74) is 1.32. The van der Waals surface area contributed by atoms with Crippen LogP contribution in [-0.4, -0.2) is 34.5 Å². The Hall–Kier alpha value is -2.28. The number of nitrogens with zero attached hydrogens (tertiary/aromatic N) is 1. The number of aryl methyl sites for hydroxylation is 1. The summed E-state index contributed by atoms with van der Waals surface area (Å²) in [7, 11) is 0. The zero-order chi connectivity index (χ0) is 20.1. The molecule has 1 rings (SSSR count). The van der Waals surface area contributed by atoms with Crippen molar-refractivity contribution in [3.63, 3.8) is 0 Å². The van der Waals surface area contributed by atoms with Crippen LogP contribution >= 0.6 is 0 Å². The predicted molar refractivity (Wildman–Crippen MR) is 107 cm³/mol. The number of carboxylic acid groups (broad SMARTS) is 1. The summed E-state index contributed by atoms with van der Waals surface area (Å²) in [4.78, 5) is 26.3. The minimum Gasteiger partial charge on any atom is -0.480 e. The van der Waals surface area contributed by atoms with E-state index in [1.165, 1.54) is 4.90 Å². The highest BCUT2D eigenvalue weighted by Gasteiger charge is 2.36. The van der Waals surface area contributed by atoms with E-state index in [2.05, 4.69) is 5.92 Å². The van der Waals surface area contributed by atoms with Crippen LogP contribution in [0.5, 0.6) is 0 Å². The number of amides is 1. The molecule has 4 heteroatoms. The summed E-state index contributed by atoms with van der Waals surface area (Å²) in [5.74, 6) is 1.06. The number of hydrogen-bond donors (Lipinski definition) is 1. The first-order valence-electron chi connectivity index (χ1n) is 9.50. The van der Waals surface area contributed by atoms with Crippen LogP contribution in [0.15, 0.2) is 24.3 Å². The number of carbonyl (C=O) groups excluding carboxylic acids is 1. The summed E-state index contributed by atoms with van der Waals surface area (Å²) in [5, 5.41) is 9.80. The Morgan fingerprint density at radius 3 is 2.12 bits per heavy atom. The van der Waals surface area contributed by atoms with E-state index in [0.717, 1.165) is 31.2 Å². The third-order valence-electron chi connectivity index (χ3n) is 4.25. The first-order chi connectivity index (χ1) is 12.5. The molecule has 144 valence electrons. The predicted octanol–water partition coefficient (Wildman–Crippen LogP) is 4.77. The molecule has 1 aromatic carbocycles. The molecular formula is C22H33NO3. The molecule has 1 aromatic rings. The Balaban J connectivity index is 0.00000301. The van der Waals surface area contributed by atoms with Gasteiger partial charge < -0.3 is 10.0 Å². The first-order valence-corrected chi connectivity index (χ1v) is 9.50. The Morgan fingerprint density at radius 2 is 1.69 bits per heavy atom. The molecule has 0 heterocycles. The van der Waals surface area contributed by atoms with Crippen LogP contribution < -0.4 is 0 Å². The van der Waals surface area contributed by atoms with Gasteiger partial charge in [-0.25, -0.2) is 4.79 Å². The minimum absolute atomic E-state index is 0.00589. The molecule has 26 heavy (non-hydrogen) atoms. The second-order valence-corrected chi connectivity index (χ2v) is 6.07. The molecule has 1 unspecified atom stereocenters. The molecule has 1 atom stereocenters. The highest BCUT2D eigenvalue weighted by Crippen LogP contribution is 2.25. The van der Waals surface area contributed by atoms with E-state index >= 15 is 0 Å². The minimum atomic E-state index is -0.987. The molecule has 0 bridgehead atoms. The normalized spacial score (nSPS) is 11.1. The average molecular weight is 360 g/mol. The Labute approximate surface area is 158 Å². The molecule has 4 nitrogen and oxygen atoms in total. The van der Waals surface area contributed by atoms with E-state index in [0.29, 0.717) is 5.56 Å². The monoisotopic (exact) mass is 359 g/mol. The Bertz CT molecular complexity index is 598. The maximum absolute atomic E-state index is 13.0. The third-order valence-corrected chi connectivity index (χ3v) is 4.25. The molecule has 0 radical (unpaired) electrons. The zero-order valence-corrected chi connectivity index (χ0v) is 16.8. The highest BCUT2D eigenvalue weighted by atomic mass is 16.4. The second kappa shape index (κ2) is 13.0. The van der Waals surface area contributed by atoms with Crippen LogP contribution in [0.4, 0.5) is 0 Å². The van der Waals surface area contributed by atoms with Crippen molar-refractivity contribution in [2.24, 2.45) is 5.92 Å². The molecule has 0 aliphatic carbocycles. The molecule has 1 amide bonds. The lowest BCUT2D eigenvalue weighted by Gasteiger charge is -2.33. The van der Waals surface area contributed by atoms with Gasteiger partial charge in [-0.2, -0.15) is 0 Å². The van der Waals surface area contributed by atoms with Crippen molar-refractivity contribution in [2.75, 3.05) is 6.54 Å². The summed E-state index contributed by atoms with van der Waals surface area (Å²) >= 11 is 0. The number of carbonyl (C=O) groups is 2. The number of benzene rings is 1. The lowest BCUT2D eigenvalue weighted by atomic mass is 9.88. The van der Waals surface area contributed by atoms with Gasteiger partial charge in [-0.05, 0) is 37.3 Å². The van der Waals surface area contributed by atoms with Crippen molar-refractivity contribution in [3.05, 3.63) is 35.4 Å². The summed E-state index contributed by atoms with van der Waals surface area (Å²) in [6.45, 7) is 9.88. The van der Waals surface area contributed by atoms with Gasteiger partial charge in [0.05, 0.1) is 6.54 Å². The standard InChI is InChI=1S/C20H27NO3.C2H6/c1-5-10-16(11-6-2)18(20(23)24)21(14-7-3)19(22)17-13-9-8-12-15(17)4;1-2/h3,8-9,12-13,16,18H,5-6,10-11,14H2,1-2,4H3,(H,23,24);1-2H3. The highest BCUT2D eigenvalue weighted by molar-refractivity contribution is 5.98. The molecule has 0 spiro atoms. The van der Waals surface area contributed by atoms with Gasteiger partial charge in [0.2, 0.25) is 0 Å². The number of rotatable bonds is 9. The Kier molecular flexibility index (Phi) is 11.9. The third kappa shape index (κ3) is 6.55. The number of terminal acetylenes is 1. The van der Waals surface area contributed by atoms with Crippen molar-refractivity contribution >= 4 is 11.9 Å². The lowest BCUT2D eigenvalue weighted by Crippen LogP contribution is -2.49. The maximum Gasteiger partial charge on any atom is 0.326 e. The summed E-state index contributed by atoms with van der Waals surface area (Å²) in [6.07, 6.45) is 8.69. The lowest BCUT2D eigenvalue weighted by molar-refractivity contribution is -0.144. The van der Waals surface area contributed by atoms with Crippen LogP contribution in [0, 0.1) is 25.2 Å². The van der Waals surface area contributed by atoms with Gasteiger partial charge in [-0.15, -0.1) is 6.42 Å². The summed E-state index contributed by atoms with van der Waals surface area (Å²) < 4.78 is 0. The van der Waals surface area contributed by atoms with Crippen LogP contribution in [0.25, 0.3) is 0 Å². The second-order valence-electron chi connectivity index (χ2n) is 6.07. The van der Waals surface area contributed by atoms with Crippen LogP contribution in [0.2, 0.25) is 0 Å². The first kappa shape index (κ1) is 23.7. The smallest absolute Gasteiger partial charge is 0.326 e. The van der Waals surface area contributed by atoms with E-state index in [1.54, 1.807) is 12.1 Å². The van der Waals surface area contributed by atoms with Gasteiger partial charge in [0, 0.05) is 5.56 Å². The molecule has 0 aliphatic rings. The van der Waals surface area contributed by atoms with E-state index in [4.69, 9.17) is 6.42 Å². The van der Waals surface area contributed by atoms with Crippen molar-refractivity contribution in [3.8, 4) is 12.3 Å². The van der Waals surface area contributed by atoms with Crippen molar-refractivity contribution in [1.82, 2.24) is 4.90 Å². The van der Waals surface area contributed by atoms with Gasteiger partial charge in [-0.1, -0.05) is 64.7 Å². The van der Waals surface area contributed by atoms with Gasteiger partial charge in [0.25, 0.3) is 5.91 Å². The topological polar surface area (TPSA) is 57.6 Å². The van der Waals surface area contributed by atoms with Gasteiger partial charge in [0.1, 0.15) is 6.04 Å². The van der Waals surface area contributed by atoms with Crippen molar-refractivity contribution in [1.29, 1.82) is 0 Å². The quantitative estimate of drug-likeness (QED) is 0.646. The summed E-state index contributed by atoms with van der Waals surface area (Å²) in [6, 6.07) is 6.29. The molecule has 0 aliphatic heterocycles. The number of carboxylic acids is 1. The van der Waals surface area contributed by atoms with E-state index in [1.807, 2.05) is 46.8 Å². The molecule has 0 aromatic heterocycles. The molecule has 1 N–H and O–H groups in total. The van der Waals surface area contributed by atoms with Crippen LogP contribution in [-0.2, 0) is 4.79 Å². The van der Waals surface area contributed by atoms with Crippen molar-refractivity contribution in [2.45, 2.75) is 66.3 Å². The van der Waals surface area contributed by atoms with Crippen LogP contribution in [0.1, 0.15) is 69.3 Å². The SMILES string of the molecule is C#CCN(C(=O)c1ccccc1C)C(C(=O)O)C(CCC)CCC.CC. The van der Waals surface area contributed by atoms with Gasteiger partial charge in [-0.3, -0.25) is 4.79 Å². The van der Waals surface area contributed by atoms with E-state index < -0.39 is 12.0 Å². The van der Waals surface area contributed by atoms with Gasteiger partial charge in [0.15, 0.2) is 0 Å². The fourth-order valence-electron chi connectivity index (χ4n) is 3.15. The van der Waals surface area contributed by atoms with Crippen LogP contribution in [0.3, 0.4) is 0 Å². The van der Waals surface area contributed by atoms with E-state index in [-0.39, 0.29) is 18.4 Å². The maximum atomic E-state index is 13.0. The number of hydrogen-bond acceptors (Lipinski definition) is 2. The Morgan fingerprint density at radius 1 is 1.15 bits per heavy atom. The fraction of sp³-hybridized carbons (Fsp3) is 0.545. The molecule has 0 saturated heterocycles. The molecule has 0 fully saturated rings.